The van der Waals surface area contributed by atoms with Gasteiger partial charge in [0.15, 0.2) is 10.2 Å². The van der Waals surface area contributed by atoms with Gasteiger partial charge in [-0.25, -0.2) is 4.98 Å². The molecule has 2 rings (SSSR count). The fourth-order valence-corrected chi connectivity index (χ4v) is 2.94. The zero-order chi connectivity index (χ0) is 13.7. The molecule has 0 radical (unpaired) electrons. The Bertz CT molecular complexity index is 475. The number of nitrogens with zero attached hydrogens (tertiary/aromatic N) is 2. The zero-order valence-corrected chi connectivity index (χ0v) is 12.4. The van der Waals surface area contributed by atoms with Crippen LogP contribution in [0.4, 0.5) is 10.9 Å². The number of nitrogens with one attached hydrogen (secondary N) is 2. The van der Waals surface area contributed by atoms with Gasteiger partial charge in [-0.05, 0) is 37.6 Å². The molecule has 0 bridgehead atoms. The van der Waals surface area contributed by atoms with Gasteiger partial charge in [0.25, 0.3) is 0 Å². The first kappa shape index (κ1) is 14.0. The molecular weight excluding hydrogens is 276 g/mol. The maximum absolute atomic E-state index is 5.16. The molecule has 0 amide bonds. The quantitative estimate of drug-likeness (QED) is 0.659. The minimum atomic E-state index is 0.486. The largest absolute Gasteiger partial charge is 0.348 e. The van der Waals surface area contributed by atoms with Crippen LogP contribution in [0.5, 0.6) is 0 Å². The van der Waals surface area contributed by atoms with E-state index in [0.29, 0.717) is 10.8 Å². The van der Waals surface area contributed by atoms with Crippen LogP contribution in [-0.4, -0.2) is 23.2 Å². The Kier molecular flexibility index (Phi) is 4.93. The van der Waals surface area contributed by atoms with E-state index >= 15 is 0 Å². The highest BCUT2D eigenvalue weighted by molar-refractivity contribution is 7.80. The molecule has 2 N–H and O–H groups in total. The molecule has 4 nitrogen and oxygen atoms in total. The van der Waals surface area contributed by atoms with Crippen LogP contribution >= 0.6 is 23.6 Å². The van der Waals surface area contributed by atoms with Crippen molar-refractivity contribution in [3.8, 4) is 0 Å². The minimum Gasteiger partial charge on any atom is -0.348 e. The molecule has 1 fully saturated rings. The molecule has 1 saturated heterocycles. The summed E-state index contributed by atoms with van der Waals surface area (Å²) in [7, 11) is 0. The Balaban J connectivity index is 1.91. The van der Waals surface area contributed by atoms with Crippen molar-refractivity contribution in [2.24, 2.45) is 0 Å². The Morgan fingerprint density at radius 1 is 1.42 bits per heavy atom. The van der Waals surface area contributed by atoms with Crippen molar-refractivity contribution in [3.63, 3.8) is 0 Å². The SMILES string of the molecule is C=CC(=C)NC(=S)Nc1csc(N2CCCCC2)n1. The smallest absolute Gasteiger partial charge is 0.187 e. The molecule has 0 aromatic carbocycles. The molecule has 0 saturated carbocycles. The van der Waals surface area contributed by atoms with Gasteiger partial charge < -0.3 is 15.5 Å². The number of piperidine rings is 1. The number of rotatable bonds is 4. The van der Waals surface area contributed by atoms with Crippen molar-refractivity contribution in [1.29, 1.82) is 0 Å². The third-order valence-corrected chi connectivity index (χ3v) is 3.99. The molecule has 2 heterocycles. The highest BCUT2D eigenvalue weighted by Crippen LogP contribution is 2.26. The number of hydrogen-bond acceptors (Lipinski definition) is 4. The Labute approximate surface area is 123 Å². The van der Waals surface area contributed by atoms with E-state index in [1.165, 1.54) is 19.3 Å². The topological polar surface area (TPSA) is 40.2 Å². The number of thiocarbonyl (C=S) groups is 1. The van der Waals surface area contributed by atoms with Crippen LogP contribution in [0.1, 0.15) is 19.3 Å². The summed E-state index contributed by atoms with van der Waals surface area (Å²) in [5.41, 5.74) is 0.670. The summed E-state index contributed by atoms with van der Waals surface area (Å²) in [4.78, 5) is 6.89. The molecule has 1 aromatic heterocycles. The number of thiazole rings is 1. The van der Waals surface area contributed by atoms with Crippen molar-refractivity contribution in [3.05, 3.63) is 30.3 Å². The molecule has 0 spiro atoms. The summed E-state index contributed by atoms with van der Waals surface area (Å²) in [5.74, 6) is 0.778. The lowest BCUT2D eigenvalue weighted by Crippen LogP contribution is -2.29. The van der Waals surface area contributed by atoms with E-state index < -0.39 is 0 Å². The first-order valence-electron chi connectivity index (χ1n) is 6.29. The predicted molar refractivity (Wildman–Crippen MR) is 86.9 cm³/mol. The molecule has 6 heteroatoms. The molecule has 0 unspecified atom stereocenters. The lowest BCUT2D eigenvalue weighted by atomic mass is 10.1. The Hall–Kier alpha value is -1.40. The van der Waals surface area contributed by atoms with E-state index in [0.717, 1.165) is 24.0 Å². The van der Waals surface area contributed by atoms with Gasteiger partial charge >= 0.3 is 0 Å². The molecule has 102 valence electrons. The standard InChI is InChI=1S/C13H18N4S2/c1-3-10(2)14-12(18)15-11-9-19-13(16-11)17-7-5-4-6-8-17/h3,9H,1-2,4-8H2,(H2,14,15,18). The van der Waals surface area contributed by atoms with Crippen molar-refractivity contribution < 1.29 is 0 Å². The van der Waals surface area contributed by atoms with Crippen molar-refractivity contribution in [2.75, 3.05) is 23.3 Å². The van der Waals surface area contributed by atoms with Crippen LogP contribution in [0.2, 0.25) is 0 Å². The predicted octanol–water partition coefficient (Wildman–Crippen LogP) is 3.12. The third-order valence-electron chi connectivity index (χ3n) is 2.88. The van der Waals surface area contributed by atoms with E-state index in [2.05, 4.69) is 33.7 Å². The summed E-state index contributed by atoms with van der Waals surface area (Å²) >= 11 is 6.81. The first-order valence-corrected chi connectivity index (χ1v) is 7.57. The molecule has 1 aromatic rings. The van der Waals surface area contributed by atoms with Crippen LogP contribution < -0.4 is 15.5 Å². The molecule has 0 atom stereocenters. The lowest BCUT2D eigenvalue weighted by Gasteiger charge is -2.25. The normalized spacial score (nSPS) is 14.8. The second-order valence-electron chi connectivity index (χ2n) is 4.37. The highest BCUT2D eigenvalue weighted by atomic mass is 32.1. The summed E-state index contributed by atoms with van der Waals surface area (Å²) in [6.45, 7) is 9.57. The number of hydrogen-bond donors (Lipinski definition) is 2. The van der Waals surface area contributed by atoms with E-state index in [1.807, 2.05) is 5.38 Å². The Morgan fingerprint density at radius 2 is 2.16 bits per heavy atom. The average molecular weight is 294 g/mol. The lowest BCUT2D eigenvalue weighted by molar-refractivity contribution is 0.577. The van der Waals surface area contributed by atoms with E-state index in [9.17, 15) is 0 Å². The number of aromatic nitrogens is 1. The van der Waals surface area contributed by atoms with Gasteiger partial charge in [0.1, 0.15) is 5.82 Å². The Morgan fingerprint density at radius 3 is 2.84 bits per heavy atom. The van der Waals surface area contributed by atoms with Gasteiger partial charge in [0.2, 0.25) is 0 Å². The zero-order valence-electron chi connectivity index (χ0n) is 10.8. The summed E-state index contributed by atoms with van der Waals surface area (Å²) < 4.78 is 0. The van der Waals surface area contributed by atoms with Crippen LogP contribution in [-0.2, 0) is 0 Å². The highest BCUT2D eigenvalue weighted by Gasteiger charge is 2.14. The number of allylic oxidation sites excluding steroid dienone is 1. The summed E-state index contributed by atoms with van der Waals surface area (Å²) in [6, 6.07) is 0. The molecule has 1 aliphatic rings. The molecular formula is C13H18N4S2. The third kappa shape index (κ3) is 4.04. The van der Waals surface area contributed by atoms with Gasteiger partial charge in [-0.2, -0.15) is 0 Å². The molecule has 0 aliphatic carbocycles. The first-order chi connectivity index (χ1) is 9.19. The maximum atomic E-state index is 5.16. The van der Waals surface area contributed by atoms with Crippen molar-refractivity contribution >= 4 is 39.6 Å². The fourth-order valence-electron chi connectivity index (χ4n) is 1.90. The summed E-state index contributed by atoms with van der Waals surface area (Å²) in [6.07, 6.45) is 5.45. The minimum absolute atomic E-state index is 0.486. The average Bonchev–Trinajstić information content (AvgIpc) is 2.88. The second kappa shape index (κ2) is 6.68. The molecule has 19 heavy (non-hydrogen) atoms. The van der Waals surface area contributed by atoms with Crippen molar-refractivity contribution in [1.82, 2.24) is 10.3 Å². The summed E-state index contributed by atoms with van der Waals surface area (Å²) in [5, 5.41) is 9.51. The molecule has 1 aliphatic heterocycles. The van der Waals surface area contributed by atoms with E-state index in [-0.39, 0.29) is 0 Å². The maximum Gasteiger partial charge on any atom is 0.187 e. The van der Waals surface area contributed by atoms with Gasteiger partial charge in [-0.15, -0.1) is 11.3 Å². The van der Waals surface area contributed by atoms with Gasteiger partial charge in [0, 0.05) is 24.2 Å². The monoisotopic (exact) mass is 294 g/mol. The van der Waals surface area contributed by atoms with Crippen LogP contribution in [0.15, 0.2) is 30.3 Å². The van der Waals surface area contributed by atoms with Gasteiger partial charge in [-0.1, -0.05) is 13.2 Å². The van der Waals surface area contributed by atoms with Crippen LogP contribution in [0, 0.1) is 0 Å². The van der Waals surface area contributed by atoms with Gasteiger partial charge in [0.05, 0.1) is 0 Å². The van der Waals surface area contributed by atoms with E-state index in [1.54, 1.807) is 17.4 Å². The van der Waals surface area contributed by atoms with Crippen LogP contribution in [0.3, 0.4) is 0 Å². The van der Waals surface area contributed by atoms with Crippen molar-refractivity contribution in [2.45, 2.75) is 19.3 Å². The van der Waals surface area contributed by atoms with Gasteiger partial charge in [-0.3, -0.25) is 0 Å². The van der Waals surface area contributed by atoms with E-state index in [4.69, 9.17) is 12.2 Å². The van der Waals surface area contributed by atoms with Crippen LogP contribution in [0.25, 0.3) is 0 Å². The second-order valence-corrected chi connectivity index (χ2v) is 5.62. The fraction of sp³-hybridized carbons (Fsp3) is 0.385. The number of anilines is 2.